The quantitative estimate of drug-likeness (QED) is 0.617. The zero-order valence-corrected chi connectivity index (χ0v) is 12.2. The Morgan fingerprint density at radius 2 is 2.11 bits per heavy atom. The van der Waals surface area contributed by atoms with Crippen LogP contribution < -0.4 is 10.1 Å². The highest BCUT2D eigenvalue weighted by Gasteiger charge is 2.12. The van der Waals surface area contributed by atoms with Gasteiger partial charge in [-0.2, -0.15) is 0 Å². The third-order valence-corrected chi connectivity index (χ3v) is 2.72. The molecule has 0 atom stereocenters. The molecule has 0 spiro atoms. The maximum atomic E-state index is 6.18. The molecule has 0 aromatic heterocycles. The lowest BCUT2D eigenvalue weighted by atomic mass is 10.1. The van der Waals surface area contributed by atoms with E-state index in [1.54, 1.807) is 0 Å². The lowest BCUT2D eigenvalue weighted by molar-refractivity contribution is 0.318. The molecule has 1 aromatic rings. The average Bonchev–Trinajstić information content (AvgIpc) is 2.28. The molecule has 0 fully saturated rings. The van der Waals surface area contributed by atoms with E-state index in [2.05, 4.69) is 32.7 Å². The van der Waals surface area contributed by atoms with E-state index in [9.17, 15) is 0 Å². The molecule has 0 aliphatic heterocycles. The van der Waals surface area contributed by atoms with Crippen LogP contribution in [0.25, 0.3) is 0 Å². The molecule has 0 radical (unpaired) electrons. The topological polar surface area (TPSA) is 21.3 Å². The zero-order chi connectivity index (χ0) is 13.6. The van der Waals surface area contributed by atoms with E-state index in [1.165, 1.54) is 0 Å². The molecule has 100 valence electrons. The molecule has 0 aliphatic rings. The molecule has 1 rings (SSSR count). The fraction of sp³-hybridized carbons (Fsp3) is 0.467. The number of halogens is 1. The van der Waals surface area contributed by atoms with Gasteiger partial charge in [0.15, 0.2) is 0 Å². The first-order valence-electron chi connectivity index (χ1n) is 6.20. The van der Waals surface area contributed by atoms with Crippen LogP contribution in [0.4, 0.5) is 0 Å². The number of nitrogens with one attached hydrogen (secondary N) is 1. The van der Waals surface area contributed by atoms with Gasteiger partial charge in [0.1, 0.15) is 5.75 Å². The van der Waals surface area contributed by atoms with Crippen molar-refractivity contribution >= 4 is 11.6 Å². The molecular formula is C15H22ClNO. The van der Waals surface area contributed by atoms with E-state index in [4.69, 9.17) is 16.3 Å². The van der Waals surface area contributed by atoms with E-state index < -0.39 is 0 Å². The number of rotatable bonds is 6. The van der Waals surface area contributed by atoms with Crippen LogP contribution in [-0.4, -0.2) is 12.1 Å². The van der Waals surface area contributed by atoms with E-state index in [0.717, 1.165) is 24.3 Å². The van der Waals surface area contributed by atoms with Gasteiger partial charge in [-0.1, -0.05) is 29.8 Å². The molecule has 0 heterocycles. The maximum absolute atomic E-state index is 6.18. The van der Waals surface area contributed by atoms with Gasteiger partial charge in [-0.25, -0.2) is 0 Å². The van der Waals surface area contributed by atoms with Crippen LogP contribution in [-0.2, 0) is 6.54 Å². The van der Waals surface area contributed by atoms with E-state index >= 15 is 0 Å². The second-order valence-corrected chi connectivity index (χ2v) is 5.66. The zero-order valence-electron chi connectivity index (χ0n) is 11.4. The van der Waals surface area contributed by atoms with Crippen molar-refractivity contribution in [3.8, 4) is 5.75 Å². The largest absolute Gasteiger partial charge is 0.491 e. The van der Waals surface area contributed by atoms with Crippen molar-refractivity contribution in [3.05, 3.63) is 41.4 Å². The second kappa shape index (κ2) is 6.81. The van der Waals surface area contributed by atoms with Crippen molar-refractivity contribution in [3.63, 3.8) is 0 Å². The molecule has 0 saturated heterocycles. The number of hydrogen-bond acceptors (Lipinski definition) is 2. The molecule has 2 nitrogen and oxygen atoms in total. The minimum Gasteiger partial charge on any atom is -0.491 e. The van der Waals surface area contributed by atoms with Crippen molar-refractivity contribution in [2.75, 3.05) is 6.61 Å². The summed E-state index contributed by atoms with van der Waals surface area (Å²) >= 11 is 6.18. The Balaban J connectivity index is 2.76. The van der Waals surface area contributed by atoms with Gasteiger partial charge in [-0.3, -0.25) is 0 Å². The maximum Gasteiger partial charge on any atom is 0.142 e. The summed E-state index contributed by atoms with van der Waals surface area (Å²) in [4.78, 5) is 0. The molecule has 0 unspecified atom stereocenters. The Bertz CT molecular complexity index is 396. The first-order chi connectivity index (χ1) is 8.44. The summed E-state index contributed by atoms with van der Waals surface area (Å²) in [7, 11) is 0. The monoisotopic (exact) mass is 267 g/mol. The number of ether oxygens (including phenoxy) is 1. The number of benzene rings is 1. The highest BCUT2D eigenvalue weighted by atomic mass is 35.5. The van der Waals surface area contributed by atoms with Crippen molar-refractivity contribution in [1.29, 1.82) is 0 Å². The van der Waals surface area contributed by atoms with Gasteiger partial charge in [0.25, 0.3) is 0 Å². The second-order valence-electron chi connectivity index (χ2n) is 5.26. The summed E-state index contributed by atoms with van der Waals surface area (Å²) in [5.74, 6) is 0.776. The summed E-state index contributed by atoms with van der Waals surface area (Å²) in [5.41, 5.74) is 1.15. The Morgan fingerprint density at radius 1 is 1.39 bits per heavy atom. The third kappa shape index (κ3) is 5.11. The number of hydrogen-bond donors (Lipinski definition) is 1. The van der Waals surface area contributed by atoms with Crippen LogP contribution in [0.2, 0.25) is 5.02 Å². The van der Waals surface area contributed by atoms with Crippen LogP contribution in [0, 0.1) is 0 Å². The Morgan fingerprint density at radius 3 is 2.72 bits per heavy atom. The molecule has 18 heavy (non-hydrogen) atoms. The summed E-state index contributed by atoms with van der Waals surface area (Å²) in [6, 6.07) is 5.83. The fourth-order valence-electron chi connectivity index (χ4n) is 1.46. The molecule has 0 aliphatic carbocycles. The summed E-state index contributed by atoms with van der Waals surface area (Å²) < 4.78 is 5.73. The molecule has 0 amide bonds. The Hall–Kier alpha value is -0.990. The van der Waals surface area contributed by atoms with Crippen molar-refractivity contribution in [2.45, 2.75) is 39.3 Å². The van der Waals surface area contributed by atoms with Gasteiger partial charge in [0.2, 0.25) is 0 Å². The fourth-order valence-corrected chi connectivity index (χ4v) is 1.71. The van der Waals surface area contributed by atoms with Crippen LogP contribution in [0.1, 0.15) is 32.8 Å². The van der Waals surface area contributed by atoms with Gasteiger partial charge >= 0.3 is 0 Å². The molecular weight excluding hydrogens is 246 g/mol. The summed E-state index contributed by atoms with van der Waals surface area (Å²) in [5, 5.41) is 4.10. The lowest BCUT2D eigenvalue weighted by Crippen LogP contribution is -2.35. The first kappa shape index (κ1) is 15.1. The van der Waals surface area contributed by atoms with E-state index in [1.807, 2.05) is 24.3 Å². The van der Waals surface area contributed by atoms with Crippen LogP contribution >= 0.6 is 11.6 Å². The lowest BCUT2D eigenvalue weighted by Gasteiger charge is -2.22. The normalized spacial score (nSPS) is 11.3. The minimum absolute atomic E-state index is 0.0701. The molecule has 1 N–H and O–H groups in total. The predicted molar refractivity (Wildman–Crippen MR) is 78.4 cm³/mol. The first-order valence-corrected chi connectivity index (χ1v) is 6.58. The van der Waals surface area contributed by atoms with Crippen LogP contribution in [0.3, 0.4) is 0 Å². The summed E-state index contributed by atoms with van der Waals surface area (Å²) in [6.07, 6.45) is 2.65. The van der Waals surface area contributed by atoms with E-state index in [0.29, 0.717) is 11.6 Å². The molecule has 0 saturated carbocycles. The standard InChI is InChI=1S/C15H22ClNO/c1-5-6-10-18-14-12(8-7-9-13(14)16)11-17-15(2,3)4/h5,7-9,17H,1,6,10-11H2,2-4H3. The van der Waals surface area contributed by atoms with Gasteiger partial charge in [0, 0.05) is 17.6 Å². The Kier molecular flexibility index (Phi) is 5.70. The average molecular weight is 268 g/mol. The SMILES string of the molecule is C=CCCOc1c(Cl)cccc1CNC(C)(C)C. The molecule has 1 aromatic carbocycles. The van der Waals surface area contributed by atoms with Gasteiger partial charge in [-0.15, -0.1) is 6.58 Å². The predicted octanol–water partition coefficient (Wildman–Crippen LogP) is 4.18. The summed E-state index contributed by atoms with van der Waals surface area (Å²) in [6.45, 7) is 11.4. The number of para-hydroxylation sites is 1. The van der Waals surface area contributed by atoms with Crippen molar-refractivity contribution in [2.24, 2.45) is 0 Å². The van der Waals surface area contributed by atoms with Gasteiger partial charge in [-0.05, 0) is 33.3 Å². The van der Waals surface area contributed by atoms with Crippen LogP contribution in [0.15, 0.2) is 30.9 Å². The van der Waals surface area contributed by atoms with Crippen molar-refractivity contribution in [1.82, 2.24) is 5.32 Å². The third-order valence-electron chi connectivity index (χ3n) is 2.43. The minimum atomic E-state index is 0.0701. The van der Waals surface area contributed by atoms with Crippen LogP contribution in [0.5, 0.6) is 5.75 Å². The van der Waals surface area contributed by atoms with Crippen molar-refractivity contribution < 1.29 is 4.74 Å². The van der Waals surface area contributed by atoms with Gasteiger partial charge in [0.05, 0.1) is 11.6 Å². The smallest absolute Gasteiger partial charge is 0.142 e. The highest BCUT2D eigenvalue weighted by Crippen LogP contribution is 2.29. The van der Waals surface area contributed by atoms with E-state index in [-0.39, 0.29) is 5.54 Å². The molecule has 0 bridgehead atoms. The Labute approximate surface area is 115 Å². The van der Waals surface area contributed by atoms with Gasteiger partial charge < -0.3 is 10.1 Å². The highest BCUT2D eigenvalue weighted by molar-refractivity contribution is 6.32. The molecule has 3 heteroatoms.